The second-order valence-corrected chi connectivity index (χ2v) is 7.53. The average molecular weight is 387 g/mol. The van der Waals surface area contributed by atoms with Gasteiger partial charge < -0.3 is 4.74 Å². The Bertz CT molecular complexity index is 941. The number of ether oxygens (including phenoxy) is 1. The van der Waals surface area contributed by atoms with Crippen molar-refractivity contribution in [1.29, 1.82) is 0 Å². The second kappa shape index (κ2) is 6.63. The number of fused-ring (bicyclic) bond motifs is 1. The van der Waals surface area contributed by atoms with Crippen LogP contribution in [0.5, 0.6) is 5.75 Å². The third-order valence-corrected chi connectivity index (χ3v) is 5.26. The number of nitrogens with zero attached hydrogens (tertiary/aromatic N) is 2. The van der Waals surface area contributed by atoms with Crippen LogP contribution in [0.2, 0.25) is 5.02 Å². The summed E-state index contributed by atoms with van der Waals surface area (Å²) in [6.07, 6.45) is 7.07. The molecule has 4 rings (SSSR count). The maximum absolute atomic E-state index is 12.7. The van der Waals surface area contributed by atoms with Gasteiger partial charge in [0.1, 0.15) is 12.4 Å². The summed E-state index contributed by atoms with van der Waals surface area (Å²) in [6.45, 7) is 0.394. The van der Waals surface area contributed by atoms with Crippen molar-refractivity contribution < 1.29 is 9.53 Å². The summed E-state index contributed by atoms with van der Waals surface area (Å²) in [5.41, 5.74) is 2.45. The molecule has 0 unspecified atom stereocenters. The lowest BCUT2D eigenvalue weighted by Crippen LogP contribution is -2.27. The average Bonchev–Trinajstić information content (AvgIpc) is 2.89. The second-order valence-electron chi connectivity index (χ2n) is 5.42. The molecule has 25 heavy (non-hydrogen) atoms. The van der Waals surface area contributed by atoms with Crippen LogP contribution in [0.15, 0.2) is 59.3 Å². The van der Waals surface area contributed by atoms with Gasteiger partial charge in [0, 0.05) is 16.8 Å². The van der Waals surface area contributed by atoms with Gasteiger partial charge in [0.25, 0.3) is 5.91 Å². The molecule has 2 aliphatic rings. The molecule has 0 N–H and O–H groups in total. The van der Waals surface area contributed by atoms with Gasteiger partial charge in [-0.05, 0) is 48.1 Å². The van der Waals surface area contributed by atoms with E-state index < -0.39 is 0 Å². The van der Waals surface area contributed by atoms with Crippen LogP contribution in [0.25, 0.3) is 6.08 Å². The van der Waals surface area contributed by atoms with Gasteiger partial charge in [-0.1, -0.05) is 35.6 Å². The van der Waals surface area contributed by atoms with Crippen LogP contribution in [-0.2, 0) is 4.79 Å². The molecule has 1 aromatic carbocycles. The lowest BCUT2D eigenvalue weighted by Gasteiger charge is -2.16. The SMILES string of the molecule is O=C1/C(=C/C2=Cc3cc(Cl)ccc3OC2)SC(=S)N1c1cccnc1. The molecule has 0 atom stereocenters. The van der Waals surface area contributed by atoms with Crippen molar-refractivity contribution in [3.8, 4) is 5.75 Å². The van der Waals surface area contributed by atoms with Gasteiger partial charge >= 0.3 is 0 Å². The highest BCUT2D eigenvalue weighted by Crippen LogP contribution is 2.36. The molecule has 3 heterocycles. The molecule has 4 nitrogen and oxygen atoms in total. The molecular formula is C18H11ClN2O2S2. The zero-order valence-corrected chi connectivity index (χ0v) is 15.2. The quantitative estimate of drug-likeness (QED) is 0.563. The van der Waals surface area contributed by atoms with E-state index in [-0.39, 0.29) is 5.91 Å². The molecule has 124 valence electrons. The Balaban J connectivity index is 1.65. The molecule has 1 saturated heterocycles. The number of pyridine rings is 1. The molecule has 0 bridgehead atoms. The van der Waals surface area contributed by atoms with Gasteiger partial charge in [0.2, 0.25) is 0 Å². The molecule has 1 amide bonds. The van der Waals surface area contributed by atoms with Crippen LogP contribution in [0.3, 0.4) is 0 Å². The molecule has 1 fully saturated rings. The van der Waals surface area contributed by atoms with Crippen LogP contribution < -0.4 is 9.64 Å². The van der Waals surface area contributed by atoms with Crippen molar-refractivity contribution in [3.63, 3.8) is 0 Å². The number of hydrogen-bond acceptors (Lipinski definition) is 5. The Morgan fingerprint density at radius 2 is 2.24 bits per heavy atom. The van der Waals surface area contributed by atoms with E-state index in [4.69, 9.17) is 28.6 Å². The van der Waals surface area contributed by atoms with E-state index in [0.717, 1.165) is 16.9 Å². The van der Waals surface area contributed by atoms with E-state index in [1.165, 1.54) is 16.7 Å². The van der Waals surface area contributed by atoms with Gasteiger partial charge in [-0.25, -0.2) is 0 Å². The maximum Gasteiger partial charge on any atom is 0.270 e. The number of carbonyl (C=O) groups is 1. The largest absolute Gasteiger partial charge is 0.488 e. The number of aromatic nitrogens is 1. The number of carbonyl (C=O) groups excluding carboxylic acids is 1. The van der Waals surface area contributed by atoms with E-state index in [2.05, 4.69) is 4.98 Å². The fraction of sp³-hybridized carbons (Fsp3) is 0.0556. The van der Waals surface area contributed by atoms with Crippen LogP contribution in [0.4, 0.5) is 5.69 Å². The first kappa shape index (κ1) is 16.3. The first-order valence-corrected chi connectivity index (χ1v) is 9.03. The number of thiocarbonyl (C=S) groups is 1. The summed E-state index contributed by atoms with van der Waals surface area (Å²) in [5.74, 6) is 0.630. The number of halogens is 1. The smallest absolute Gasteiger partial charge is 0.270 e. The Morgan fingerprint density at radius 1 is 1.36 bits per heavy atom. The number of benzene rings is 1. The fourth-order valence-corrected chi connectivity index (χ4v) is 4.09. The molecule has 2 aromatic rings. The Morgan fingerprint density at radius 3 is 3.04 bits per heavy atom. The molecule has 0 radical (unpaired) electrons. The number of hydrogen-bond donors (Lipinski definition) is 0. The van der Waals surface area contributed by atoms with E-state index in [1.807, 2.05) is 30.4 Å². The first-order chi connectivity index (χ1) is 12.1. The third kappa shape index (κ3) is 3.20. The summed E-state index contributed by atoms with van der Waals surface area (Å²) in [6, 6.07) is 9.05. The van der Waals surface area contributed by atoms with E-state index >= 15 is 0 Å². The molecule has 2 aliphatic heterocycles. The number of thioether (sulfide) groups is 1. The third-order valence-electron chi connectivity index (χ3n) is 3.72. The molecule has 0 saturated carbocycles. The zero-order valence-electron chi connectivity index (χ0n) is 12.8. The van der Waals surface area contributed by atoms with Crippen molar-refractivity contribution in [2.75, 3.05) is 11.5 Å². The Hall–Kier alpha value is -2.15. The van der Waals surface area contributed by atoms with Gasteiger partial charge in [-0.2, -0.15) is 0 Å². The zero-order chi connectivity index (χ0) is 17.4. The van der Waals surface area contributed by atoms with Crippen LogP contribution in [0.1, 0.15) is 5.56 Å². The molecule has 0 aliphatic carbocycles. The Labute approximate surface area is 159 Å². The minimum Gasteiger partial charge on any atom is -0.488 e. The molecule has 1 aromatic heterocycles. The van der Waals surface area contributed by atoms with Crippen molar-refractivity contribution in [2.24, 2.45) is 0 Å². The van der Waals surface area contributed by atoms with E-state index in [0.29, 0.717) is 26.5 Å². The van der Waals surface area contributed by atoms with Crippen molar-refractivity contribution in [1.82, 2.24) is 4.98 Å². The van der Waals surface area contributed by atoms with Gasteiger partial charge in [0.15, 0.2) is 4.32 Å². The highest BCUT2D eigenvalue weighted by molar-refractivity contribution is 8.27. The summed E-state index contributed by atoms with van der Waals surface area (Å²) >= 11 is 12.7. The normalized spacial score (nSPS) is 18.2. The first-order valence-electron chi connectivity index (χ1n) is 7.43. The summed E-state index contributed by atoms with van der Waals surface area (Å²) in [7, 11) is 0. The lowest BCUT2D eigenvalue weighted by molar-refractivity contribution is -0.113. The van der Waals surface area contributed by atoms with Crippen LogP contribution in [0, 0.1) is 0 Å². The van der Waals surface area contributed by atoms with Crippen molar-refractivity contribution >= 4 is 57.6 Å². The maximum atomic E-state index is 12.7. The van der Waals surface area contributed by atoms with E-state index in [1.54, 1.807) is 24.5 Å². The van der Waals surface area contributed by atoms with Gasteiger partial charge in [0.05, 0.1) is 16.8 Å². The fourth-order valence-electron chi connectivity index (χ4n) is 2.59. The minimum absolute atomic E-state index is 0.152. The van der Waals surface area contributed by atoms with Gasteiger partial charge in [-0.15, -0.1) is 0 Å². The van der Waals surface area contributed by atoms with Crippen molar-refractivity contribution in [3.05, 3.63) is 69.9 Å². The summed E-state index contributed by atoms with van der Waals surface area (Å²) < 4.78 is 6.22. The topological polar surface area (TPSA) is 42.4 Å². The highest BCUT2D eigenvalue weighted by Gasteiger charge is 2.33. The molecule has 7 heteroatoms. The predicted octanol–water partition coefficient (Wildman–Crippen LogP) is 4.46. The summed E-state index contributed by atoms with van der Waals surface area (Å²) in [5, 5.41) is 0.641. The number of amides is 1. The van der Waals surface area contributed by atoms with Gasteiger partial charge in [-0.3, -0.25) is 14.7 Å². The van der Waals surface area contributed by atoms with E-state index in [9.17, 15) is 4.79 Å². The predicted molar refractivity (Wildman–Crippen MR) is 105 cm³/mol. The standard InChI is InChI=1S/C18H11ClN2O2S2/c19-13-3-4-15-12(8-13)6-11(10-23-15)7-16-17(22)21(18(24)25-16)14-2-1-5-20-9-14/h1-9H,10H2/b16-7-. The molecular weight excluding hydrogens is 376 g/mol. The lowest BCUT2D eigenvalue weighted by atomic mass is 10.1. The summed E-state index contributed by atoms with van der Waals surface area (Å²) in [4.78, 5) is 18.8. The Kier molecular flexibility index (Phi) is 4.33. The highest BCUT2D eigenvalue weighted by atomic mass is 35.5. The van der Waals surface area contributed by atoms with Crippen molar-refractivity contribution in [2.45, 2.75) is 0 Å². The monoisotopic (exact) mass is 386 g/mol. The molecule has 0 spiro atoms. The van der Waals surface area contributed by atoms with Crippen LogP contribution in [-0.4, -0.2) is 21.8 Å². The number of anilines is 1. The number of rotatable bonds is 2. The minimum atomic E-state index is -0.152. The van der Waals surface area contributed by atoms with Crippen LogP contribution >= 0.6 is 35.6 Å².